The van der Waals surface area contributed by atoms with Crippen molar-refractivity contribution in [2.45, 2.75) is 64.6 Å². The zero-order chi connectivity index (χ0) is 25.3. The minimum absolute atomic E-state index is 0.0531. The predicted molar refractivity (Wildman–Crippen MR) is 124 cm³/mol. The first kappa shape index (κ1) is 25.7. The van der Waals surface area contributed by atoms with Gasteiger partial charge in [-0.1, -0.05) is 12.8 Å². The fourth-order valence-electron chi connectivity index (χ4n) is 5.97. The number of hydrogen-bond donors (Lipinski definition) is 0. The van der Waals surface area contributed by atoms with Gasteiger partial charge in [0.25, 0.3) is 0 Å². The maximum Gasteiger partial charge on any atom is 0.471 e. The third kappa shape index (κ3) is 5.57. The Balaban J connectivity index is 1.26. The van der Waals surface area contributed by atoms with Gasteiger partial charge in [0.2, 0.25) is 5.91 Å². The molecule has 0 aromatic carbocycles. The van der Waals surface area contributed by atoms with Crippen LogP contribution >= 0.6 is 0 Å². The Morgan fingerprint density at radius 1 is 0.886 bits per heavy atom. The van der Waals surface area contributed by atoms with E-state index in [0.717, 1.165) is 34.7 Å². The number of rotatable bonds is 5. The van der Waals surface area contributed by atoms with Crippen molar-refractivity contribution in [2.24, 2.45) is 5.92 Å². The maximum atomic E-state index is 13.1. The van der Waals surface area contributed by atoms with E-state index in [4.69, 9.17) is 0 Å². The Hall–Kier alpha value is -2.36. The first-order valence-corrected chi connectivity index (χ1v) is 12.6. The van der Waals surface area contributed by atoms with Gasteiger partial charge in [0.05, 0.1) is 6.54 Å². The van der Waals surface area contributed by atoms with Crippen LogP contribution in [0.15, 0.2) is 6.07 Å². The number of ketones is 1. The highest BCUT2D eigenvalue weighted by molar-refractivity contribution is 5.99. The largest absolute Gasteiger partial charge is 0.471 e. The standard InChI is InChI=1S/C25H35F3N4O3/c1-17-15-21(18(2)32(17)20-5-3-4-6-20)22(33)16-29-11-13-30(14-12-29)23(34)19-7-9-31(10-8-19)24(35)25(26,27)28/h15,19-20H,3-14,16H2,1-2H3. The Bertz CT molecular complexity index is 952. The Morgan fingerprint density at radius 2 is 1.49 bits per heavy atom. The molecule has 3 fully saturated rings. The number of hydrogen-bond acceptors (Lipinski definition) is 4. The van der Waals surface area contributed by atoms with Crippen molar-refractivity contribution in [1.29, 1.82) is 0 Å². The lowest BCUT2D eigenvalue weighted by molar-refractivity contribution is -0.187. The molecule has 1 aliphatic carbocycles. The van der Waals surface area contributed by atoms with E-state index < -0.39 is 12.1 Å². The molecule has 1 aromatic heterocycles. The zero-order valence-corrected chi connectivity index (χ0v) is 20.6. The Kier molecular flexibility index (Phi) is 7.59. The van der Waals surface area contributed by atoms with Crippen LogP contribution in [0.3, 0.4) is 0 Å². The smallest absolute Gasteiger partial charge is 0.345 e. The Morgan fingerprint density at radius 3 is 2.06 bits per heavy atom. The number of Topliss-reactive ketones (excluding diaryl/α,β-unsaturated/α-hetero) is 1. The fraction of sp³-hybridized carbons (Fsp3) is 0.720. The van der Waals surface area contributed by atoms with E-state index in [1.54, 1.807) is 4.90 Å². The summed E-state index contributed by atoms with van der Waals surface area (Å²) in [7, 11) is 0. The molecule has 1 saturated carbocycles. The summed E-state index contributed by atoms with van der Waals surface area (Å²) in [4.78, 5) is 42.0. The predicted octanol–water partition coefficient (Wildman–Crippen LogP) is 3.35. The second kappa shape index (κ2) is 10.3. The van der Waals surface area contributed by atoms with Crippen LogP contribution in [0.25, 0.3) is 0 Å². The maximum absolute atomic E-state index is 13.1. The lowest BCUT2D eigenvalue weighted by atomic mass is 9.95. The number of piperidine rings is 1. The molecule has 4 rings (SSSR count). The van der Waals surface area contributed by atoms with E-state index in [1.165, 1.54) is 12.8 Å². The van der Waals surface area contributed by atoms with E-state index >= 15 is 0 Å². The van der Waals surface area contributed by atoms with Crippen LogP contribution < -0.4 is 0 Å². The van der Waals surface area contributed by atoms with Gasteiger partial charge in [0.15, 0.2) is 5.78 Å². The molecule has 3 aliphatic rings. The van der Waals surface area contributed by atoms with Gasteiger partial charge in [-0.15, -0.1) is 0 Å². The van der Waals surface area contributed by atoms with E-state index in [1.807, 2.05) is 13.0 Å². The SMILES string of the molecule is Cc1cc(C(=O)CN2CCN(C(=O)C3CCN(C(=O)C(F)(F)F)CC3)CC2)c(C)n1C1CCCC1. The van der Waals surface area contributed by atoms with Crippen molar-refractivity contribution in [2.75, 3.05) is 45.8 Å². The van der Waals surface area contributed by atoms with Crippen LogP contribution in [0, 0.1) is 19.8 Å². The molecule has 0 radical (unpaired) electrons. The molecule has 0 unspecified atom stereocenters. The van der Waals surface area contributed by atoms with Crippen molar-refractivity contribution in [3.8, 4) is 0 Å². The normalized spacial score (nSPS) is 21.1. The number of nitrogens with zero attached hydrogens (tertiary/aromatic N) is 4. The number of aryl methyl sites for hydroxylation is 1. The van der Waals surface area contributed by atoms with Crippen LogP contribution in [0.1, 0.15) is 66.3 Å². The van der Waals surface area contributed by atoms with Crippen LogP contribution in [-0.2, 0) is 9.59 Å². The van der Waals surface area contributed by atoms with Crippen LogP contribution in [0.5, 0.6) is 0 Å². The molecule has 2 amide bonds. The second-order valence-electron chi connectivity index (χ2n) is 10.2. The summed E-state index contributed by atoms with van der Waals surface area (Å²) in [6, 6.07) is 2.50. The first-order valence-electron chi connectivity index (χ1n) is 12.6. The first-order chi connectivity index (χ1) is 16.6. The summed E-state index contributed by atoms with van der Waals surface area (Å²) in [5, 5.41) is 0. The highest BCUT2D eigenvalue weighted by Gasteiger charge is 2.44. The number of amides is 2. The molecule has 0 N–H and O–H groups in total. The molecule has 2 saturated heterocycles. The fourth-order valence-corrected chi connectivity index (χ4v) is 5.97. The molecular formula is C25H35F3N4O3. The lowest BCUT2D eigenvalue weighted by Gasteiger charge is -2.38. The molecule has 35 heavy (non-hydrogen) atoms. The van der Waals surface area contributed by atoms with Crippen molar-refractivity contribution < 1.29 is 27.6 Å². The van der Waals surface area contributed by atoms with Gasteiger partial charge in [-0.25, -0.2) is 0 Å². The molecule has 194 valence electrons. The quantitative estimate of drug-likeness (QED) is 0.587. The number of carbonyl (C=O) groups is 3. The van der Waals surface area contributed by atoms with Crippen molar-refractivity contribution in [3.05, 3.63) is 23.0 Å². The van der Waals surface area contributed by atoms with Crippen molar-refractivity contribution in [1.82, 2.24) is 19.3 Å². The molecule has 0 bridgehead atoms. The van der Waals surface area contributed by atoms with Crippen LogP contribution in [-0.4, -0.2) is 88.9 Å². The molecule has 3 heterocycles. The summed E-state index contributed by atoms with van der Waals surface area (Å²) in [5.41, 5.74) is 2.97. The number of carbonyl (C=O) groups excluding carboxylic acids is 3. The van der Waals surface area contributed by atoms with Gasteiger partial charge >= 0.3 is 12.1 Å². The van der Waals surface area contributed by atoms with E-state index in [0.29, 0.717) is 38.8 Å². The summed E-state index contributed by atoms with van der Waals surface area (Å²) in [5.74, 6) is -2.15. The lowest BCUT2D eigenvalue weighted by Crippen LogP contribution is -2.53. The molecule has 2 aliphatic heterocycles. The minimum atomic E-state index is -4.87. The summed E-state index contributed by atoms with van der Waals surface area (Å²) in [6.45, 7) is 6.47. The van der Waals surface area contributed by atoms with Gasteiger partial charge in [-0.3, -0.25) is 19.3 Å². The molecule has 1 aromatic rings. The molecule has 0 spiro atoms. The minimum Gasteiger partial charge on any atom is -0.345 e. The summed E-state index contributed by atoms with van der Waals surface area (Å²) < 4.78 is 40.2. The average Bonchev–Trinajstić information content (AvgIpc) is 3.45. The third-order valence-electron chi connectivity index (χ3n) is 7.90. The number of piperazine rings is 1. The van der Waals surface area contributed by atoms with Crippen LogP contribution in [0.2, 0.25) is 0 Å². The van der Waals surface area contributed by atoms with E-state index in [-0.39, 0.29) is 43.5 Å². The molecule has 10 heteroatoms. The van der Waals surface area contributed by atoms with E-state index in [2.05, 4.69) is 16.4 Å². The third-order valence-corrected chi connectivity index (χ3v) is 7.90. The monoisotopic (exact) mass is 496 g/mol. The Labute approximate surface area is 204 Å². The van der Waals surface area contributed by atoms with Crippen molar-refractivity contribution >= 4 is 17.6 Å². The highest BCUT2D eigenvalue weighted by atomic mass is 19.4. The van der Waals surface area contributed by atoms with E-state index in [9.17, 15) is 27.6 Å². The number of likely N-dealkylation sites (tertiary alicyclic amines) is 1. The summed E-state index contributed by atoms with van der Waals surface area (Å²) in [6.07, 6.45) is 0.416. The second-order valence-corrected chi connectivity index (χ2v) is 10.2. The highest BCUT2D eigenvalue weighted by Crippen LogP contribution is 2.33. The van der Waals surface area contributed by atoms with Gasteiger partial charge in [0.1, 0.15) is 0 Å². The topological polar surface area (TPSA) is 65.9 Å². The molecule has 7 nitrogen and oxygen atoms in total. The van der Waals surface area contributed by atoms with Crippen molar-refractivity contribution in [3.63, 3.8) is 0 Å². The van der Waals surface area contributed by atoms with Gasteiger partial charge < -0.3 is 14.4 Å². The molecular weight excluding hydrogens is 461 g/mol. The summed E-state index contributed by atoms with van der Waals surface area (Å²) >= 11 is 0. The molecule has 0 atom stereocenters. The number of alkyl halides is 3. The number of halogens is 3. The zero-order valence-electron chi connectivity index (χ0n) is 20.6. The van der Waals surface area contributed by atoms with Gasteiger partial charge in [-0.2, -0.15) is 13.2 Å². The number of aromatic nitrogens is 1. The average molecular weight is 497 g/mol. The van der Waals surface area contributed by atoms with Gasteiger partial charge in [-0.05, 0) is 45.6 Å². The van der Waals surface area contributed by atoms with Crippen LogP contribution in [0.4, 0.5) is 13.2 Å². The van der Waals surface area contributed by atoms with Gasteiger partial charge in [0, 0.05) is 68.2 Å².